The average Bonchev–Trinajstić information content (AvgIpc) is 2.02. The highest BCUT2D eigenvalue weighted by Gasteiger charge is 1.99. The molecule has 11 heavy (non-hydrogen) atoms. The molecule has 1 rings (SSSR count). The van der Waals surface area contributed by atoms with E-state index in [0.29, 0.717) is 6.07 Å². The Labute approximate surface area is 62.1 Å². The lowest BCUT2D eigenvalue weighted by Crippen LogP contribution is -1.83. The van der Waals surface area contributed by atoms with Gasteiger partial charge in [-0.2, -0.15) is 0 Å². The van der Waals surface area contributed by atoms with Crippen molar-refractivity contribution in [3.05, 3.63) is 35.7 Å². The van der Waals surface area contributed by atoms with E-state index in [9.17, 15) is 13.2 Å². The van der Waals surface area contributed by atoms with Gasteiger partial charge >= 0.3 is 0 Å². The monoisotopic (exact) mass is 164 g/mol. The molecule has 0 saturated heterocycles. The van der Waals surface area contributed by atoms with Gasteiger partial charge in [0.05, 0.1) is 0 Å². The molecule has 1 nitrogen and oxygen atoms in total. The topological polar surface area (TPSA) is 20.2 Å². The van der Waals surface area contributed by atoms with E-state index < -0.39 is 17.5 Å². The third-order valence-electron chi connectivity index (χ3n) is 0.882. The molecular weight excluding hydrogens is 157 g/mol. The van der Waals surface area contributed by atoms with E-state index in [0.717, 1.165) is 19.2 Å². The van der Waals surface area contributed by atoms with Gasteiger partial charge in [0, 0.05) is 13.2 Å². The van der Waals surface area contributed by atoms with Gasteiger partial charge in [-0.05, 0) is 12.1 Å². The maximum absolute atomic E-state index is 12.0. The predicted octanol–water partition coefficient (Wildman–Crippen LogP) is 1.71. The summed E-state index contributed by atoms with van der Waals surface area (Å²) in [6.45, 7) is 0. The summed E-state index contributed by atoms with van der Waals surface area (Å²) < 4.78 is 35.9. The van der Waals surface area contributed by atoms with E-state index >= 15 is 0 Å². The lowest BCUT2D eigenvalue weighted by molar-refractivity contribution is 0.399. The zero-order valence-electron chi connectivity index (χ0n) is 5.81. The molecule has 0 unspecified atom stereocenters. The third-order valence-corrected chi connectivity index (χ3v) is 0.882. The molecule has 0 radical (unpaired) electrons. The van der Waals surface area contributed by atoms with Crippen molar-refractivity contribution in [2.24, 2.45) is 0 Å². The largest absolute Gasteiger partial charge is 0.400 e. The minimum Gasteiger partial charge on any atom is -0.400 e. The molecule has 0 aliphatic rings. The molecule has 0 fully saturated rings. The molecular formula is C7H7F3O. The van der Waals surface area contributed by atoms with Crippen molar-refractivity contribution in [3.63, 3.8) is 0 Å². The Balaban J connectivity index is 0.000000461. The van der Waals surface area contributed by atoms with Gasteiger partial charge in [-0.15, -0.1) is 0 Å². The summed E-state index contributed by atoms with van der Waals surface area (Å²) in [7, 11) is 1.00. The van der Waals surface area contributed by atoms with Gasteiger partial charge in [0.15, 0.2) is 11.6 Å². The molecule has 0 heterocycles. The highest BCUT2D eigenvalue weighted by Crippen LogP contribution is 2.05. The van der Waals surface area contributed by atoms with Crippen molar-refractivity contribution < 1.29 is 18.3 Å². The Morgan fingerprint density at radius 2 is 1.55 bits per heavy atom. The third kappa shape index (κ3) is 3.04. The Bertz CT molecular complexity index is 225. The fraction of sp³-hybridized carbons (Fsp3) is 0.143. The van der Waals surface area contributed by atoms with E-state index in [-0.39, 0.29) is 0 Å². The van der Waals surface area contributed by atoms with Gasteiger partial charge in [-0.1, -0.05) is 0 Å². The zero-order valence-corrected chi connectivity index (χ0v) is 5.81. The van der Waals surface area contributed by atoms with Crippen LogP contribution in [0, 0.1) is 17.5 Å². The second kappa shape index (κ2) is 4.73. The second-order valence-corrected chi connectivity index (χ2v) is 1.56. The number of hydrogen-bond acceptors (Lipinski definition) is 1. The highest BCUT2D eigenvalue weighted by molar-refractivity contribution is 5.07. The van der Waals surface area contributed by atoms with Crippen LogP contribution in [0.2, 0.25) is 0 Å². The maximum atomic E-state index is 12.0. The first kappa shape index (κ1) is 9.97. The molecule has 1 N–H and O–H groups in total. The fourth-order valence-corrected chi connectivity index (χ4v) is 0.470. The van der Waals surface area contributed by atoms with Crippen molar-refractivity contribution in [1.82, 2.24) is 0 Å². The minimum absolute atomic E-state index is 0.495. The standard InChI is InChI=1S/C6H3F3.CH4O/c7-4-1-2-5(8)6(9)3-4;1-2/h1-3H;2H,1H3. The van der Waals surface area contributed by atoms with Crippen LogP contribution < -0.4 is 0 Å². The van der Waals surface area contributed by atoms with E-state index in [1.54, 1.807) is 0 Å². The van der Waals surface area contributed by atoms with Gasteiger partial charge in [0.25, 0.3) is 0 Å². The summed E-state index contributed by atoms with van der Waals surface area (Å²) in [6, 6.07) is 2.10. The van der Waals surface area contributed by atoms with Crippen LogP contribution in [0.3, 0.4) is 0 Å². The first-order valence-electron chi connectivity index (χ1n) is 2.75. The summed E-state index contributed by atoms with van der Waals surface area (Å²) in [4.78, 5) is 0. The van der Waals surface area contributed by atoms with Gasteiger partial charge < -0.3 is 5.11 Å². The molecule has 1 aromatic carbocycles. The first-order chi connectivity index (χ1) is 5.20. The first-order valence-corrected chi connectivity index (χ1v) is 2.75. The van der Waals surface area contributed by atoms with Crippen LogP contribution in [-0.2, 0) is 0 Å². The minimum atomic E-state index is -1.16. The smallest absolute Gasteiger partial charge is 0.161 e. The van der Waals surface area contributed by atoms with Crippen molar-refractivity contribution in [2.75, 3.05) is 7.11 Å². The van der Waals surface area contributed by atoms with Crippen LogP contribution in [0.4, 0.5) is 13.2 Å². The number of aliphatic hydroxyl groups is 1. The number of rotatable bonds is 0. The average molecular weight is 164 g/mol. The molecule has 0 aliphatic carbocycles. The predicted molar refractivity (Wildman–Crippen MR) is 34.5 cm³/mol. The van der Waals surface area contributed by atoms with Crippen LogP contribution in [0.15, 0.2) is 18.2 Å². The van der Waals surface area contributed by atoms with Gasteiger partial charge in [-0.3, -0.25) is 0 Å². The van der Waals surface area contributed by atoms with Crippen molar-refractivity contribution in [1.29, 1.82) is 0 Å². The van der Waals surface area contributed by atoms with Gasteiger partial charge in [0.1, 0.15) is 5.82 Å². The molecule has 0 atom stereocenters. The summed E-state index contributed by atoms with van der Waals surface area (Å²) in [6.07, 6.45) is 0. The normalized spacial score (nSPS) is 8.45. The molecule has 0 bridgehead atoms. The molecule has 0 aliphatic heterocycles. The molecule has 0 saturated carbocycles. The quantitative estimate of drug-likeness (QED) is 0.579. The SMILES string of the molecule is CO.Fc1ccc(F)c(F)c1. The lowest BCUT2D eigenvalue weighted by Gasteiger charge is -1.88. The van der Waals surface area contributed by atoms with E-state index in [2.05, 4.69) is 0 Å². The summed E-state index contributed by atoms with van der Waals surface area (Å²) in [5.41, 5.74) is 0. The van der Waals surface area contributed by atoms with Crippen LogP contribution in [0.5, 0.6) is 0 Å². The highest BCUT2D eigenvalue weighted by atomic mass is 19.2. The summed E-state index contributed by atoms with van der Waals surface area (Å²) >= 11 is 0. The van der Waals surface area contributed by atoms with E-state index in [1.165, 1.54) is 0 Å². The molecule has 4 heteroatoms. The van der Waals surface area contributed by atoms with Crippen molar-refractivity contribution in [2.45, 2.75) is 0 Å². The number of hydrogen-bond donors (Lipinski definition) is 1. The second-order valence-electron chi connectivity index (χ2n) is 1.56. The van der Waals surface area contributed by atoms with Crippen LogP contribution in [0.25, 0.3) is 0 Å². The van der Waals surface area contributed by atoms with Crippen molar-refractivity contribution >= 4 is 0 Å². The molecule has 62 valence electrons. The molecule has 0 aromatic heterocycles. The number of benzene rings is 1. The lowest BCUT2D eigenvalue weighted by atomic mass is 10.3. The number of halogens is 3. The van der Waals surface area contributed by atoms with Crippen LogP contribution in [0.1, 0.15) is 0 Å². The Morgan fingerprint density at radius 1 is 1.00 bits per heavy atom. The Hall–Kier alpha value is -1.03. The summed E-state index contributed by atoms with van der Waals surface area (Å²) in [5, 5.41) is 7.00. The van der Waals surface area contributed by atoms with Crippen molar-refractivity contribution in [3.8, 4) is 0 Å². The van der Waals surface area contributed by atoms with Gasteiger partial charge in [-0.25, -0.2) is 13.2 Å². The fourth-order valence-electron chi connectivity index (χ4n) is 0.470. The van der Waals surface area contributed by atoms with Crippen LogP contribution >= 0.6 is 0 Å². The zero-order chi connectivity index (χ0) is 8.85. The Kier molecular flexibility index (Phi) is 4.29. The molecule has 0 spiro atoms. The van der Waals surface area contributed by atoms with Crippen LogP contribution in [-0.4, -0.2) is 12.2 Å². The molecule has 0 amide bonds. The summed E-state index contributed by atoms with van der Waals surface area (Å²) in [5.74, 6) is -2.96. The number of aliphatic hydroxyl groups excluding tert-OH is 1. The maximum Gasteiger partial charge on any atom is 0.161 e. The van der Waals surface area contributed by atoms with Gasteiger partial charge in [0.2, 0.25) is 0 Å². The van der Waals surface area contributed by atoms with E-state index in [4.69, 9.17) is 5.11 Å². The Morgan fingerprint density at radius 3 is 1.91 bits per heavy atom. The van der Waals surface area contributed by atoms with E-state index in [1.807, 2.05) is 0 Å². The molecule has 1 aromatic rings.